The quantitative estimate of drug-likeness (QED) is 0.733. The summed E-state index contributed by atoms with van der Waals surface area (Å²) in [4.78, 5) is 32.1. The van der Waals surface area contributed by atoms with Crippen LogP contribution in [0.5, 0.6) is 5.75 Å². The molecular weight excluding hydrogens is 394 g/mol. The predicted molar refractivity (Wildman–Crippen MR) is 120 cm³/mol. The van der Waals surface area contributed by atoms with Gasteiger partial charge in [-0.15, -0.1) is 0 Å². The monoisotopic (exact) mass is 431 g/mol. The summed E-state index contributed by atoms with van der Waals surface area (Å²) in [5.41, 5.74) is 0.534. The zero-order valence-electron chi connectivity index (χ0n) is 19.9. The molecule has 31 heavy (non-hydrogen) atoms. The Bertz CT molecular complexity index is 804. The smallest absolute Gasteiger partial charge is 0.410 e. The molecule has 1 aromatic carbocycles. The number of carbonyl (C=O) groups is 2. The topological polar surface area (TPSA) is 62.3 Å². The number of benzene rings is 1. The van der Waals surface area contributed by atoms with Crippen molar-refractivity contribution in [1.29, 1.82) is 0 Å². The molecule has 1 aromatic rings. The molecule has 0 saturated carbocycles. The molecule has 3 atom stereocenters. The van der Waals surface area contributed by atoms with Crippen molar-refractivity contribution in [2.45, 2.75) is 64.8 Å². The summed E-state index contributed by atoms with van der Waals surface area (Å²) in [5.74, 6) is 1.17. The van der Waals surface area contributed by atoms with Crippen LogP contribution >= 0.6 is 0 Å². The Morgan fingerprint density at radius 1 is 1.19 bits per heavy atom. The van der Waals surface area contributed by atoms with Crippen LogP contribution in [0.25, 0.3) is 0 Å². The van der Waals surface area contributed by atoms with Gasteiger partial charge in [-0.25, -0.2) is 4.79 Å². The highest BCUT2D eigenvalue weighted by Crippen LogP contribution is 2.30. The largest absolute Gasteiger partial charge is 0.497 e. The van der Waals surface area contributed by atoms with E-state index in [9.17, 15) is 9.59 Å². The van der Waals surface area contributed by atoms with Gasteiger partial charge in [-0.2, -0.15) is 0 Å². The summed E-state index contributed by atoms with van der Waals surface area (Å²) >= 11 is 0. The lowest BCUT2D eigenvalue weighted by atomic mass is 9.91. The number of nitrogens with zero attached hydrogens (tertiary/aromatic N) is 3. The number of fused-ring (bicyclic) bond motifs is 1. The van der Waals surface area contributed by atoms with Crippen LogP contribution in [0.3, 0.4) is 0 Å². The maximum absolute atomic E-state index is 13.2. The summed E-state index contributed by atoms with van der Waals surface area (Å²) in [6.45, 7) is 11.8. The van der Waals surface area contributed by atoms with E-state index in [1.54, 1.807) is 12.0 Å². The molecule has 0 N–H and O–H groups in total. The average molecular weight is 432 g/mol. The molecular formula is C24H37N3O4. The maximum Gasteiger partial charge on any atom is 0.410 e. The van der Waals surface area contributed by atoms with Gasteiger partial charge >= 0.3 is 6.09 Å². The first-order valence-corrected chi connectivity index (χ1v) is 11.1. The van der Waals surface area contributed by atoms with E-state index in [1.165, 1.54) is 0 Å². The maximum atomic E-state index is 13.2. The molecule has 0 spiro atoms. The van der Waals surface area contributed by atoms with Crippen LogP contribution in [0.15, 0.2) is 24.3 Å². The Morgan fingerprint density at radius 2 is 1.90 bits per heavy atom. The highest BCUT2D eigenvalue weighted by Gasteiger charge is 2.47. The van der Waals surface area contributed by atoms with Crippen molar-refractivity contribution >= 4 is 12.0 Å². The molecule has 2 aliphatic heterocycles. The van der Waals surface area contributed by atoms with E-state index in [-0.39, 0.29) is 36.0 Å². The molecule has 0 bridgehead atoms. The van der Waals surface area contributed by atoms with Crippen molar-refractivity contribution in [1.82, 2.24) is 14.7 Å². The van der Waals surface area contributed by atoms with Crippen LogP contribution in [-0.4, -0.2) is 84.2 Å². The predicted octanol–water partition coefficient (Wildman–Crippen LogP) is 3.02. The van der Waals surface area contributed by atoms with Gasteiger partial charge in [0.1, 0.15) is 11.4 Å². The Labute approximate surface area is 186 Å². The minimum absolute atomic E-state index is 0.00452. The van der Waals surface area contributed by atoms with Crippen molar-refractivity contribution < 1.29 is 19.1 Å². The van der Waals surface area contributed by atoms with Crippen molar-refractivity contribution in [2.24, 2.45) is 5.92 Å². The molecule has 0 aliphatic carbocycles. The Kier molecular flexibility index (Phi) is 6.84. The lowest BCUT2D eigenvalue weighted by molar-refractivity contribution is -0.148. The number of rotatable bonds is 4. The standard InChI is InChI=1S/C24H37N3O4/c1-16(2)21-15-26-18(14-27(21)23(29)31-24(3,4)5)13-25(6)22(28)20(26)12-17-9-8-10-19(11-17)30-7/h8-11,16,18,20-21H,12-15H2,1-7H3/t18-,20-,21+/m0/s1. The zero-order valence-corrected chi connectivity index (χ0v) is 19.9. The second-order valence-electron chi connectivity index (χ2n) is 10.1. The van der Waals surface area contributed by atoms with Gasteiger partial charge in [0, 0.05) is 32.7 Å². The Hall–Kier alpha value is -2.28. The van der Waals surface area contributed by atoms with E-state index in [0.717, 1.165) is 11.3 Å². The number of methoxy groups -OCH3 is 1. The fourth-order valence-corrected chi connectivity index (χ4v) is 4.61. The molecule has 2 aliphatic rings. The van der Waals surface area contributed by atoms with Crippen molar-refractivity contribution in [2.75, 3.05) is 33.8 Å². The number of carbonyl (C=O) groups excluding carboxylic acids is 2. The third-order valence-corrected chi connectivity index (χ3v) is 6.18. The molecule has 0 aromatic heterocycles. The van der Waals surface area contributed by atoms with E-state index in [0.29, 0.717) is 26.1 Å². The molecule has 172 valence electrons. The van der Waals surface area contributed by atoms with Gasteiger partial charge in [-0.05, 0) is 50.8 Å². The Balaban J connectivity index is 1.86. The van der Waals surface area contributed by atoms with Gasteiger partial charge in [0.15, 0.2) is 0 Å². The van der Waals surface area contributed by atoms with Crippen molar-refractivity contribution in [3.63, 3.8) is 0 Å². The van der Waals surface area contributed by atoms with Gasteiger partial charge in [-0.3, -0.25) is 9.69 Å². The van der Waals surface area contributed by atoms with Crippen molar-refractivity contribution in [3.8, 4) is 5.75 Å². The third-order valence-electron chi connectivity index (χ3n) is 6.18. The van der Waals surface area contributed by atoms with E-state index >= 15 is 0 Å². The van der Waals surface area contributed by atoms with Crippen LogP contribution in [0.2, 0.25) is 0 Å². The van der Waals surface area contributed by atoms with Gasteiger partial charge < -0.3 is 19.3 Å². The van der Waals surface area contributed by atoms with E-state index in [1.807, 2.05) is 57.0 Å². The fraction of sp³-hybridized carbons (Fsp3) is 0.667. The SMILES string of the molecule is COc1cccc(C[C@H]2C(=O)N(C)C[C@H]3CN(C(=O)OC(C)(C)C)[C@@H](C(C)C)CN32)c1. The fourth-order valence-electron chi connectivity index (χ4n) is 4.61. The van der Waals surface area contributed by atoms with E-state index in [2.05, 4.69) is 18.7 Å². The molecule has 2 amide bonds. The molecule has 2 fully saturated rings. The van der Waals surface area contributed by atoms with Gasteiger partial charge in [0.05, 0.1) is 19.2 Å². The van der Waals surface area contributed by atoms with Crippen LogP contribution in [0.1, 0.15) is 40.2 Å². The summed E-state index contributed by atoms with van der Waals surface area (Å²) in [6, 6.07) is 7.73. The lowest BCUT2D eigenvalue weighted by Crippen LogP contribution is -2.71. The van der Waals surface area contributed by atoms with Crippen molar-refractivity contribution in [3.05, 3.63) is 29.8 Å². The highest BCUT2D eigenvalue weighted by molar-refractivity contribution is 5.83. The van der Waals surface area contributed by atoms with Crippen LogP contribution in [0, 0.1) is 5.92 Å². The van der Waals surface area contributed by atoms with Gasteiger partial charge in [0.25, 0.3) is 0 Å². The second-order valence-corrected chi connectivity index (χ2v) is 10.1. The zero-order chi connectivity index (χ0) is 22.9. The Morgan fingerprint density at radius 3 is 2.52 bits per heavy atom. The molecule has 2 saturated heterocycles. The summed E-state index contributed by atoms with van der Waals surface area (Å²) in [7, 11) is 3.50. The average Bonchev–Trinajstić information content (AvgIpc) is 2.69. The minimum Gasteiger partial charge on any atom is -0.497 e. The van der Waals surface area contributed by atoms with Gasteiger partial charge in [0.2, 0.25) is 5.91 Å². The number of ether oxygens (including phenoxy) is 2. The molecule has 2 heterocycles. The minimum atomic E-state index is -0.538. The number of hydrogen-bond donors (Lipinski definition) is 0. The molecule has 7 nitrogen and oxygen atoms in total. The first kappa shape index (κ1) is 23.4. The third kappa shape index (κ3) is 5.32. The lowest BCUT2D eigenvalue weighted by Gasteiger charge is -2.53. The number of likely N-dealkylation sites (N-methyl/N-ethyl adjacent to an activating group) is 1. The number of hydrogen-bond acceptors (Lipinski definition) is 5. The number of piperazine rings is 2. The van der Waals surface area contributed by atoms with Crippen LogP contribution in [0.4, 0.5) is 4.79 Å². The van der Waals surface area contributed by atoms with E-state index in [4.69, 9.17) is 9.47 Å². The summed E-state index contributed by atoms with van der Waals surface area (Å²) in [5, 5.41) is 0. The number of amides is 2. The second kappa shape index (κ2) is 9.07. The highest BCUT2D eigenvalue weighted by atomic mass is 16.6. The normalized spacial score (nSPS) is 24.9. The first-order chi connectivity index (χ1) is 14.5. The molecule has 0 unspecified atom stereocenters. The molecule has 7 heteroatoms. The van der Waals surface area contributed by atoms with Gasteiger partial charge in [-0.1, -0.05) is 26.0 Å². The van der Waals surface area contributed by atoms with E-state index < -0.39 is 5.60 Å². The van der Waals surface area contributed by atoms with Crippen LogP contribution in [-0.2, 0) is 16.0 Å². The first-order valence-electron chi connectivity index (χ1n) is 11.1. The summed E-state index contributed by atoms with van der Waals surface area (Å²) in [6.07, 6.45) is 0.350. The molecule has 3 rings (SSSR count). The molecule has 0 radical (unpaired) electrons. The summed E-state index contributed by atoms with van der Waals surface area (Å²) < 4.78 is 11.1. The van der Waals surface area contributed by atoms with Crippen LogP contribution < -0.4 is 4.74 Å².